The summed E-state index contributed by atoms with van der Waals surface area (Å²) in [6.07, 6.45) is -2.37. The number of aromatic nitrogens is 2. The van der Waals surface area contributed by atoms with Crippen LogP contribution in [-0.2, 0) is 16.0 Å². The smallest absolute Gasteiger partial charge is 0.455 e. The Morgan fingerprint density at radius 2 is 1.96 bits per heavy atom. The van der Waals surface area contributed by atoms with Crippen LogP contribution in [0.5, 0.6) is 5.75 Å². The predicted octanol–water partition coefficient (Wildman–Crippen LogP) is 3.18. The summed E-state index contributed by atoms with van der Waals surface area (Å²) in [6, 6.07) is 6.16. The third-order valence-corrected chi connectivity index (χ3v) is 5.81. The van der Waals surface area contributed by atoms with E-state index in [2.05, 4.69) is 10.1 Å². The summed E-state index contributed by atoms with van der Waals surface area (Å²) in [7, 11) is -3.32. The number of benzene rings is 1. The second kappa shape index (κ2) is 7.61. The van der Waals surface area contributed by atoms with Crippen LogP contribution in [0.25, 0.3) is 0 Å². The lowest BCUT2D eigenvalue weighted by Crippen LogP contribution is -2.38. The molecule has 0 N–H and O–H groups in total. The van der Waals surface area contributed by atoms with Crippen molar-refractivity contribution < 1.29 is 30.8 Å². The van der Waals surface area contributed by atoms with Crippen LogP contribution < -0.4 is 9.64 Å². The molecule has 1 aliphatic rings. The zero-order valence-electron chi connectivity index (χ0n) is 15.3. The van der Waals surface area contributed by atoms with E-state index in [-0.39, 0.29) is 22.9 Å². The topological polar surface area (TPSA) is 85.5 Å². The van der Waals surface area contributed by atoms with Gasteiger partial charge in [-0.25, -0.2) is 8.42 Å². The molecule has 0 aliphatic carbocycles. The van der Waals surface area contributed by atoms with Crippen LogP contribution in [0.1, 0.15) is 25.6 Å². The number of anilines is 1. The van der Waals surface area contributed by atoms with Crippen molar-refractivity contribution >= 4 is 15.9 Å². The number of ether oxygens (including phenoxy) is 1. The van der Waals surface area contributed by atoms with Crippen molar-refractivity contribution in [3.63, 3.8) is 0 Å². The fourth-order valence-corrected chi connectivity index (χ4v) is 3.76. The zero-order chi connectivity index (χ0) is 20.5. The Bertz CT molecular complexity index is 922. The van der Waals surface area contributed by atoms with E-state index < -0.39 is 21.8 Å². The van der Waals surface area contributed by atoms with E-state index in [9.17, 15) is 21.6 Å². The Morgan fingerprint density at radius 3 is 2.54 bits per heavy atom. The first kappa shape index (κ1) is 20.4. The molecular weight excluding hydrogens is 399 g/mol. The molecule has 3 rings (SSSR count). The Morgan fingerprint density at radius 1 is 1.29 bits per heavy atom. The molecule has 2 heterocycles. The summed E-state index contributed by atoms with van der Waals surface area (Å²) in [5.74, 6) is -0.667. The van der Waals surface area contributed by atoms with Crippen molar-refractivity contribution in [3.05, 3.63) is 30.1 Å². The van der Waals surface area contributed by atoms with E-state index in [1.165, 1.54) is 12.1 Å². The fraction of sp³-hybridized carbons (Fsp3) is 0.529. The second-order valence-electron chi connectivity index (χ2n) is 6.79. The molecule has 1 saturated heterocycles. The van der Waals surface area contributed by atoms with Gasteiger partial charge in [0.1, 0.15) is 5.75 Å². The number of hydrogen-bond acceptors (Lipinski definition) is 7. The maximum atomic E-state index is 12.6. The van der Waals surface area contributed by atoms with Gasteiger partial charge in [-0.3, -0.25) is 0 Å². The largest absolute Gasteiger partial charge is 0.490 e. The van der Waals surface area contributed by atoms with Crippen LogP contribution in [0, 0.1) is 5.92 Å². The number of piperidine rings is 1. The normalized spacial score (nSPS) is 17.5. The van der Waals surface area contributed by atoms with Crippen LogP contribution in [-0.4, -0.2) is 44.0 Å². The Kier molecular flexibility index (Phi) is 5.55. The number of sulfone groups is 1. The lowest BCUT2D eigenvalue weighted by atomic mass is 9.92. The maximum absolute atomic E-state index is 12.6. The maximum Gasteiger partial charge on any atom is 0.455 e. The molecule has 11 heteroatoms. The second-order valence-corrected chi connectivity index (χ2v) is 8.81. The minimum atomic E-state index is -4.64. The van der Waals surface area contributed by atoms with Crippen LogP contribution in [0.4, 0.5) is 19.2 Å². The molecule has 0 unspecified atom stereocenters. The van der Waals surface area contributed by atoms with Gasteiger partial charge in [0.05, 0.1) is 11.0 Å². The Balaban J connectivity index is 1.58. The van der Waals surface area contributed by atoms with E-state index in [0.29, 0.717) is 31.7 Å². The monoisotopic (exact) mass is 419 g/mol. The van der Waals surface area contributed by atoms with Crippen molar-refractivity contribution in [3.8, 4) is 5.75 Å². The molecule has 2 aromatic rings. The number of alkyl halides is 3. The summed E-state index contributed by atoms with van der Waals surface area (Å²) in [6.45, 7) is 2.81. The summed E-state index contributed by atoms with van der Waals surface area (Å²) in [5, 5.41) is 2.97. The van der Waals surface area contributed by atoms with Gasteiger partial charge < -0.3 is 14.2 Å². The highest BCUT2D eigenvalue weighted by atomic mass is 32.2. The van der Waals surface area contributed by atoms with Gasteiger partial charge in [-0.2, -0.15) is 18.2 Å². The highest BCUT2D eigenvalue weighted by Crippen LogP contribution is 2.31. The van der Waals surface area contributed by atoms with Gasteiger partial charge in [0, 0.05) is 19.3 Å². The Labute approximate surface area is 160 Å². The SMILES string of the molecule is C[C@H](Oc1cccc(S(C)(=O)=O)c1)C1CCN(c2nc(C(F)(F)F)no2)CC1. The molecular formula is C17H20F3N3O4S. The molecule has 1 aliphatic heterocycles. The van der Waals surface area contributed by atoms with Gasteiger partial charge in [-0.05, 0) is 49.0 Å². The zero-order valence-corrected chi connectivity index (χ0v) is 16.1. The first-order valence-corrected chi connectivity index (χ1v) is 10.6. The quantitative estimate of drug-likeness (QED) is 0.736. The van der Waals surface area contributed by atoms with Crippen molar-refractivity contribution in [1.29, 1.82) is 0 Å². The van der Waals surface area contributed by atoms with Crippen LogP contribution >= 0.6 is 0 Å². The van der Waals surface area contributed by atoms with E-state index in [1.807, 2.05) is 6.92 Å². The average molecular weight is 419 g/mol. The van der Waals surface area contributed by atoms with Crippen molar-refractivity contribution in [2.75, 3.05) is 24.2 Å². The standard InChI is InChI=1S/C17H20F3N3O4S/c1-11(26-13-4-3-5-14(10-13)28(2,24)25)12-6-8-23(9-7-12)16-21-15(22-27-16)17(18,19)20/h3-5,10-12H,6-9H2,1-2H3/t11-/m0/s1. The number of rotatable bonds is 5. The minimum absolute atomic E-state index is 0.139. The number of nitrogens with zero attached hydrogens (tertiary/aromatic N) is 3. The van der Waals surface area contributed by atoms with Crippen LogP contribution in [0.2, 0.25) is 0 Å². The van der Waals surface area contributed by atoms with E-state index in [0.717, 1.165) is 6.26 Å². The highest BCUT2D eigenvalue weighted by molar-refractivity contribution is 7.90. The van der Waals surface area contributed by atoms with Crippen LogP contribution in [0.15, 0.2) is 33.7 Å². The number of hydrogen-bond donors (Lipinski definition) is 0. The van der Waals surface area contributed by atoms with E-state index >= 15 is 0 Å². The minimum Gasteiger partial charge on any atom is -0.490 e. The molecule has 1 fully saturated rings. The van der Waals surface area contributed by atoms with Gasteiger partial charge in [0.2, 0.25) is 0 Å². The fourth-order valence-electron chi connectivity index (χ4n) is 3.11. The Hall–Kier alpha value is -2.30. The van der Waals surface area contributed by atoms with Crippen molar-refractivity contribution in [2.45, 2.75) is 36.9 Å². The molecule has 0 spiro atoms. The van der Waals surface area contributed by atoms with Crippen LogP contribution in [0.3, 0.4) is 0 Å². The van der Waals surface area contributed by atoms with E-state index in [1.54, 1.807) is 17.0 Å². The van der Waals surface area contributed by atoms with Gasteiger partial charge in [0.25, 0.3) is 5.82 Å². The van der Waals surface area contributed by atoms with E-state index in [4.69, 9.17) is 9.26 Å². The summed E-state index contributed by atoms with van der Waals surface area (Å²) >= 11 is 0. The molecule has 7 nitrogen and oxygen atoms in total. The van der Waals surface area contributed by atoms with Gasteiger partial charge in [-0.1, -0.05) is 6.07 Å². The third-order valence-electron chi connectivity index (χ3n) is 4.70. The van der Waals surface area contributed by atoms with Gasteiger partial charge >= 0.3 is 12.2 Å². The molecule has 0 bridgehead atoms. The summed E-state index contributed by atoms with van der Waals surface area (Å²) in [4.78, 5) is 5.22. The van der Waals surface area contributed by atoms with Gasteiger partial charge in [0.15, 0.2) is 9.84 Å². The molecule has 1 aromatic carbocycles. The van der Waals surface area contributed by atoms with Gasteiger partial charge in [-0.15, -0.1) is 0 Å². The van der Waals surface area contributed by atoms with Crippen molar-refractivity contribution in [2.24, 2.45) is 5.92 Å². The summed E-state index contributed by atoms with van der Waals surface area (Å²) in [5.41, 5.74) is 0. The molecule has 0 amide bonds. The lowest BCUT2D eigenvalue weighted by Gasteiger charge is -2.33. The molecule has 28 heavy (non-hydrogen) atoms. The molecule has 0 radical (unpaired) electrons. The highest BCUT2D eigenvalue weighted by Gasteiger charge is 2.38. The summed E-state index contributed by atoms with van der Waals surface area (Å²) < 4.78 is 71.7. The molecule has 1 aromatic heterocycles. The molecule has 154 valence electrons. The van der Waals surface area contributed by atoms with Crippen molar-refractivity contribution in [1.82, 2.24) is 10.1 Å². The average Bonchev–Trinajstić information content (AvgIpc) is 3.12. The first-order valence-electron chi connectivity index (χ1n) is 8.66. The first-order chi connectivity index (χ1) is 13.0. The molecule has 1 atom stereocenters. The third kappa shape index (κ3) is 4.75. The predicted molar refractivity (Wildman–Crippen MR) is 93.9 cm³/mol. The molecule has 0 saturated carbocycles. The lowest BCUT2D eigenvalue weighted by molar-refractivity contribution is -0.146. The number of halogens is 3.